The van der Waals surface area contributed by atoms with E-state index in [1.54, 1.807) is 4.57 Å². The number of nitrogens with one attached hydrogen (secondary N) is 1. The third-order valence-electron chi connectivity index (χ3n) is 6.27. The summed E-state index contributed by atoms with van der Waals surface area (Å²) >= 11 is 1.50. The van der Waals surface area contributed by atoms with Gasteiger partial charge in [0.2, 0.25) is 0 Å². The fourth-order valence-electron chi connectivity index (χ4n) is 4.30. The molecule has 3 heterocycles. The van der Waals surface area contributed by atoms with Gasteiger partial charge in [-0.15, -0.1) is 0 Å². The van der Waals surface area contributed by atoms with Crippen LogP contribution in [0.15, 0.2) is 58.2 Å². The average Bonchev–Trinajstić information content (AvgIpc) is 3.32. The summed E-state index contributed by atoms with van der Waals surface area (Å²) in [5.41, 5.74) is 4.71. The highest BCUT2D eigenvalue weighted by Crippen LogP contribution is 2.30. The van der Waals surface area contributed by atoms with Crippen molar-refractivity contribution in [2.24, 2.45) is 7.05 Å². The summed E-state index contributed by atoms with van der Waals surface area (Å²) in [6.07, 6.45) is 1.91. The van der Waals surface area contributed by atoms with Crippen LogP contribution < -0.4 is 10.3 Å². The van der Waals surface area contributed by atoms with Gasteiger partial charge in [0.1, 0.15) is 5.65 Å². The summed E-state index contributed by atoms with van der Waals surface area (Å²) in [6, 6.07) is 16.2. The minimum absolute atomic E-state index is 0.00793. The zero-order valence-electron chi connectivity index (χ0n) is 18.8. The Labute approximate surface area is 196 Å². The maximum Gasteiger partial charge on any atom is 0.261 e. The molecule has 2 aromatic carbocycles. The lowest BCUT2D eigenvalue weighted by atomic mass is 9.97. The number of ether oxygens (including phenoxy) is 1. The smallest absolute Gasteiger partial charge is 0.261 e. The van der Waals surface area contributed by atoms with Crippen LogP contribution in [0.2, 0.25) is 0 Å². The number of aryl methyl sites for hydroxylation is 1. The molecule has 0 aliphatic carbocycles. The number of aliphatic hydroxyl groups is 1. The molecule has 33 heavy (non-hydrogen) atoms. The maximum atomic E-state index is 13.1. The third kappa shape index (κ3) is 4.31. The molecule has 172 valence electrons. The molecule has 1 atom stereocenters. The van der Waals surface area contributed by atoms with E-state index in [0.29, 0.717) is 11.3 Å². The van der Waals surface area contributed by atoms with E-state index in [2.05, 4.69) is 29.0 Å². The molecule has 1 aliphatic rings. The molecule has 1 fully saturated rings. The highest BCUT2D eigenvalue weighted by molar-refractivity contribution is 7.97. The van der Waals surface area contributed by atoms with Gasteiger partial charge in [-0.2, -0.15) is 5.10 Å². The Morgan fingerprint density at radius 2 is 1.97 bits per heavy atom. The van der Waals surface area contributed by atoms with E-state index in [1.807, 2.05) is 42.8 Å². The molecule has 0 amide bonds. The van der Waals surface area contributed by atoms with Gasteiger partial charge < -0.3 is 9.84 Å². The van der Waals surface area contributed by atoms with E-state index in [4.69, 9.17) is 9.84 Å². The number of aliphatic hydroxyl groups excluding tert-OH is 1. The van der Waals surface area contributed by atoms with E-state index in [9.17, 15) is 9.90 Å². The molecule has 0 spiro atoms. The van der Waals surface area contributed by atoms with Crippen LogP contribution in [0, 0.1) is 0 Å². The normalized spacial score (nSPS) is 16.0. The second kappa shape index (κ2) is 9.30. The van der Waals surface area contributed by atoms with Gasteiger partial charge in [0.15, 0.2) is 0 Å². The molecule has 5 rings (SSSR count). The van der Waals surface area contributed by atoms with Crippen molar-refractivity contribution in [3.05, 3.63) is 64.6 Å². The highest BCUT2D eigenvalue weighted by atomic mass is 32.2. The second-order valence-electron chi connectivity index (χ2n) is 8.65. The number of rotatable bonds is 6. The van der Waals surface area contributed by atoms with E-state index < -0.39 is 0 Å². The first kappa shape index (κ1) is 22.2. The van der Waals surface area contributed by atoms with E-state index in [0.717, 1.165) is 58.9 Å². The van der Waals surface area contributed by atoms with Gasteiger partial charge in [-0.05, 0) is 67.1 Å². The van der Waals surface area contributed by atoms with Crippen LogP contribution in [-0.2, 0) is 11.8 Å². The molecule has 4 aromatic rings. The number of hydrogen-bond acceptors (Lipinski definition) is 6. The van der Waals surface area contributed by atoms with Crippen molar-refractivity contribution >= 4 is 28.5 Å². The van der Waals surface area contributed by atoms with Crippen molar-refractivity contribution in [2.75, 3.05) is 19.8 Å². The van der Waals surface area contributed by atoms with Crippen LogP contribution in [-0.4, -0.2) is 45.2 Å². The summed E-state index contributed by atoms with van der Waals surface area (Å²) in [5, 5.41) is 14.8. The summed E-state index contributed by atoms with van der Waals surface area (Å²) in [7, 11) is 1.81. The van der Waals surface area contributed by atoms with E-state index >= 15 is 0 Å². The second-order valence-corrected chi connectivity index (χ2v) is 9.56. The number of fused-ring (bicyclic) bond motifs is 3. The Morgan fingerprint density at radius 1 is 1.18 bits per heavy atom. The van der Waals surface area contributed by atoms with Crippen LogP contribution in [0.3, 0.4) is 0 Å². The van der Waals surface area contributed by atoms with Crippen molar-refractivity contribution in [2.45, 2.75) is 36.6 Å². The lowest BCUT2D eigenvalue weighted by Gasteiger charge is -2.19. The molecule has 8 heteroatoms. The highest BCUT2D eigenvalue weighted by Gasteiger charge is 2.21. The molecule has 2 N–H and O–H groups in total. The van der Waals surface area contributed by atoms with Gasteiger partial charge in [0, 0.05) is 43.2 Å². The van der Waals surface area contributed by atoms with Gasteiger partial charge in [0.25, 0.3) is 5.56 Å². The lowest BCUT2D eigenvalue weighted by Crippen LogP contribution is -2.22. The average molecular weight is 465 g/mol. The number of hydrogen-bond donors (Lipinski definition) is 2. The molecular weight excluding hydrogens is 436 g/mol. The van der Waals surface area contributed by atoms with Crippen LogP contribution in [0.4, 0.5) is 0 Å². The summed E-state index contributed by atoms with van der Waals surface area (Å²) < 4.78 is 12.3. The largest absolute Gasteiger partial charge is 0.395 e. The molecule has 0 saturated carbocycles. The Kier molecular flexibility index (Phi) is 6.25. The van der Waals surface area contributed by atoms with Crippen LogP contribution in [0.5, 0.6) is 0 Å². The quantitative estimate of drug-likeness (QED) is 0.423. The first-order valence-corrected chi connectivity index (χ1v) is 12.1. The van der Waals surface area contributed by atoms with Crippen molar-refractivity contribution < 1.29 is 9.84 Å². The van der Waals surface area contributed by atoms with Crippen molar-refractivity contribution in [3.63, 3.8) is 0 Å². The molecule has 1 unspecified atom stereocenters. The van der Waals surface area contributed by atoms with Gasteiger partial charge in [0.05, 0.1) is 23.2 Å². The van der Waals surface area contributed by atoms with Gasteiger partial charge in [-0.25, -0.2) is 4.52 Å². The van der Waals surface area contributed by atoms with E-state index in [-0.39, 0.29) is 18.2 Å². The summed E-state index contributed by atoms with van der Waals surface area (Å²) in [4.78, 5) is 14.1. The zero-order valence-corrected chi connectivity index (χ0v) is 19.6. The Hall–Kier alpha value is -2.65. The maximum absolute atomic E-state index is 13.1. The number of benzene rings is 2. The number of nitrogens with zero attached hydrogens (tertiary/aromatic N) is 3. The molecule has 1 aliphatic heterocycles. The van der Waals surface area contributed by atoms with Crippen LogP contribution in [0.1, 0.15) is 31.4 Å². The minimum Gasteiger partial charge on any atom is -0.395 e. The molecule has 2 aromatic heterocycles. The fraction of sp³-hybridized carbons (Fsp3) is 0.360. The first-order valence-electron chi connectivity index (χ1n) is 11.3. The van der Waals surface area contributed by atoms with Crippen molar-refractivity contribution in [1.29, 1.82) is 0 Å². The van der Waals surface area contributed by atoms with Crippen LogP contribution >= 0.6 is 11.9 Å². The molecule has 0 radical (unpaired) electrons. The van der Waals surface area contributed by atoms with Gasteiger partial charge in [-0.3, -0.25) is 14.1 Å². The van der Waals surface area contributed by atoms with E-state index in [1.165, 1.54) is 11.9 Å². The lowest BCUT2D eigenvalue weighted by molar-refractivity contribution is 0.0844. The standard InChI is InChI=1S/C25H28N4O3S/c1-16(15-30)27-33-20-5-3-4-18(12-20)19-6-7-21-23(13-19)29-24(28(2)25(21)31)14-22(26-29)17-8-10-32-11-9-17/h3-7,12-14,16-17,27,30H,8-11,15H2,1-2H3. The molecule has 7 nitrogen and oxygen atoms in total. The summed E-state index contributed by atoms with van der Waals surface area (Å²) in [5.74, 6) is 0.356. The van der Waals surface area contributed by atoms with Gasteiger partial charge >= 0.3 is 0 Å². The molecule has 0 bridgehead atoms. The Balaban J connectivity index is 1.58. The predicted molar refractivity (Wildman–Crippen MR) is 132 cm³/mol. The monoisotopic (exact) mass is 464 g/mol. The molecule has 1 saturated heterocycles. The Morgan fingerprint density at radius 3 is 2.76 bits per heavy atom. The predicted octanol–water partition coefficient (Wildman–Crippen LogP) is 3.72. The van der Waals surface area contributed by atoms with Gasteiger partial charge in [-0.1, -0.05) is 18.2 Å². The fourth-order valence-corrected chi connectivity index (χ4v) is 5.04. The van der Waals surface area contributed by atoms with Crippen molar-refractivity contribution in [1.82, 2.24) is 18.9 Å². The minimum atomic E-state index is -0.0195. The topological polar surface area (TPSA) is 80.8 Å². The van der Waals surface area contributed by atoms with Crippen LogP contribution in [0.25, 0.3) is 27.7 Å². The van der Waals surface area contributed by atoms with Crippen molar-refractivity contribution in [3.8, 4) is 11.1 Å². The SMILES string of the molecule is CC(CO)NSc1cccc(-c2ccc3c(=O)n(C)c4cc(C5CCOCC5)nn4c3c2)c1. The zero-order chi connectivity index (χ0) is 22.9. The Bertz CT molecular complexity index is 1360. The first-order chi connectivity index (χ1) is 16.0. The third-order valence-corrected chi connectivity index (χ3v) is 7.28. The molecular formula is C25H28N4O3S. The number of aromatic nitrogens is 3. The summed E-state index contributed by atoms with van der Waals surface area (Å²) in [6.45, 7) is 3.53.